The molecule has 4 rings (SSSR count). The molecule has 1 heterocycles. The van der Waals surface area contributed by atoms with E-state index in [0.29, 0.717) is 16.3 Å². The van der Waals surface area contributed by atoms with Crippen molar-refractivity contribution in [2.45, 2.75) is 0 Å². The number of para-hydroxylation sites is 2. The first kappa shape index (κ1) is 16.2. The van der Waals surface area contributed by atoms with Crippen LogP contribution in [0.4, 0.5) is 5.69 Å². The van der Waals surface area contributed by atoms with Crippen LogP contribution in [0, 0.1) is 0 Å². The minimum absolute atomic E-state index is 0.159. The van der Waals surface area contributed by atoms with Crippen molar-refractivity contribution in [3.8, 4) is 0 Å². The molecule has 0 saturated carbocycles. The fraction of sp³-hybridized carbons (Fsp3) is 0. The average Bonchev–Trinajstić information content (AvgIpc) is 3.13. The number of ketones is 1. The number of thiazole rings is 1. The Morgan fingerprint density at radius 2 is 1.50 bits per heavy atom. The van der Waals surface area contributed by atoms with Crippen LogP contribution in [0.3, 0.4) is 0 Å². The predicted molar refractivity (Wildman–Crippen MR) is 107 cm³/mol. The molecule has 3 aromatic carbocycles. The molecule has 4 nitrogen and oxygen atoms in total. The summed E-state index contributed by atoms with van der Waals surface area (Å²) in [7, 11) is 0. The largest absolute Gasteiger partial charge is 0.287 e. The minimum Gasteiger partial charge on any atom is -0.287 e. The number of aromatic nitrogens is 1. The van der Waals surface area contributed by atoms with Crippen molar-refractivity contribution in [2.24, 2.45) is 5.10 Å². The maximum Gasteiger partial charge on any atom is 0.216 e. The maximum atomic E-state index is 13.0. The smallest absolute Gasteiger partial charge is 0.216 e. The van der Waals surface area contributed by atoms with Crippen LogP contribution in [0.15, 0.2) is 90.0 Å². The number of nitrogens with one attached hydrogen (secondary N) is 1. The van der Waals surface area contributed by atoms with Crippen LogP contribution >= 0.6 is 11.3 Å². The van der Waals surface area contributed by atoms with Gasteiger partial charge < -0.3 is 0 Å². The summed E-state index contributed by atoms with van der Waals surface area (Å²) in [6.07, 6.45) is 0. The lowest BCUT2D eigenvalue weighted by atomic mass is 10.1. The molecule has 0 spiro atoms. The van der Waals surface area contributed by atoms with Gasteiger partial charge in [-0.15, -0.1) is 11.3 Å². The molecule has 0 bridgehead atoms. The first-order valence-corrected chi connectivity index (χ1v) is 8.97. The van der Waals surface area contributed by atoms with Gasteiger partial charge >= 0.3 is 0 Å². The molecule has 4 aromatic rings. The molecule has 0 atom stereocenters. The average molecular weight is 357 g/mol. The molecule has 126 valence electrons. The quantitative estimate of drug-likeness (QED) is 0.311. The van der Waals surface area contributed by atoms with E-state index in [1.807, 2.05) is 72.8 Å². The van der Waals surface area contributed by atoms with Crippen LogP contribution in [-0.4, -0.2) is 16.5 Å². The van der Waals surface area contributed by atoms with Gasteiger partial charge in [-0.3, -0.25) is 10.2 Å². The van der Waals surface area contributed by atoms with Gasteiger partial charge in [-0.25, -0.2) is 4.98 Å². The summed E-state index contributed by atoms with van der Waals surface area (Å²) < 4.78 is 1.02. The predicted octanol–water partition coefficient (Wildman–Crippen LogP) is 5.00. The van der Waals surface area contributed by atoms with Gasteiger partial charge in [-0.2, -0.15) is 5.10 Å². The molecule has 26 heavy (non-hydrogen) atoms. The Kier molecular flexibility index (Phi) is 4.53. The van der Waals surface area contributed by atoms with Gasteiger partial charge in [-0.05, 0) is 24.3 Å². The van der Waals surface area contributed by atoms with Gasteiger partial charge in [0.2, 0.25) is 5.78 Å². The van der Waals surface area contributed by atoms with Crippen LogP contribution in [-0.2, 0) is 0 Å². The van der Waals surface area contributed by atoms with Gasteiger partial charge in [0, 0.05) is 5.56 Å². The number of hydrogen-bond donors (Lipinski definition) is 1. The van der Waals surface area contributed by atoms with Gasteiger partial charge in [0.05, 0.1) is 15.9 Å². The highest BCUT2D eigenvalue weighted by atomic mass is 32.1. The molecule has 5 heteroatoms. The van der Waals surface area contributed by atoms with E-state index in [9.17, 15) is 4.79 Å². The second-order valence-corrected chi connectivity index (χ2v) is 6.65. The van der Waals surface area contributed by atoms with Crippen molar-refractivity contribution in [3.05, 3.63) is 95.5 Å². The molecule has 0 unspecified atom stereocenters. The molecule has 0 fully saturated rings. The summed E-state index contributed by atoms with van der Waals surface area (Å²) in [6, 6.07) is 26.5. The second-order valence-electron chi connectivity index (χ2n) is 5.62. The third-order valence-electron chi connectivity index (χ3n) is 3.82. The Balaban J connectivity index is 1.76. The molecular formula is C21H15N3OS. The molecular weight excluding hydrogens is 342 g/mol. The highest BCUT2D eigenvalue weighted by Crippen LogP contribution is 2.23. The van der Waals surface area contributed by atoms with E-state index in [1.165, 1.54) is 11.3 Å². The normalized spacial score (nSPS) is 11.5. The third-order valence-corrected chi connectivity index (χ3v) is 4.86. The van der Waals surface area contributed by atoms with E-state index in [4.69, 9.17) is 0 Å². The summed E-state index contributed by atoms with van der Waals surface area (Å²) in [5.74, 6) is -0.159. The van der Waals surface area contributed by atoms with Gasteiger partial charge in [-0.1, -0.05) is 60.7 Å². The van der Waals surface area contributed by atoms with Crippen molar-refractivity contribution in [3.63, 3.8) is 0 Å². The van der Waals surface area contributed by atoms with Gasteiger partial charge in [0.25, 0.3) is 0 Å². The zero-order valence-corrected chi connectivity index (χ0v) is 14.6. The van der Waals surface area contributed by atoms with Crippen molar-refractivity contribution in [2.75, 3.05) is 5.43 Å². The Hall–Kier alpha value is -3.31. The fourth-order valence-electron chi connectivity index (χ4n) is 2.53. The number of carbonyl (C=O) groups is 1. The number of fused-ring (bicyclic) bond motifs is 1. The first-order chi connectivity index (χ1) is 12.8. The highest BCUT2D eigenvalue weighted by molar-refractivity contribution is 7.21. The molecule has 0 aliphatic rings. The van der Waals surface area contributed by atoms with Crippen molar-refractivity contribution < 1.29 is 4.79 Å². The molecule has 1 N–H and O–H groups in total. The zero-order chi connectivity index (χ0) is 17.8. The Bertz CT molecular complexity index is 1040. The van der Waals surface area contributed by atoms with Gasteiger partial charge in [0.1, 0.15) is 5.01 Å². The van der Waals surface area contributed by atoms with Crippen LogP contribution in [0.2, 0.25) is 0 Å². The molecule has 0 radical (unpaired) electrons. The SMILES string of the molecule is O=C(C(=NNc1ccccc1)c1nc2ccccc2s1)c1ccccc1. The number of nitrogens with zero attached hydrogens (tertiary/aromatic N) is 2. The summed E-state index contributed by atoms with van der Waals surface area (Å²) in [5, 5.41) is 5.00. The lowest BCUT2D eigenvalue weighted by Gasteiger charge is -2.05. The van der Waals surface area contributed by atoms with Crippen molar-refractivity contribution in [1.29, 1.82) is 0 Å². The van der Waals surface area contributed by atoms with E-state index in [2.05, 4.69) is 15.5 Å². The van der Waals surface area contributed by atoms with Crippen LogP contribution in [0.5, 0.6) is 0 Å². The van der Waals surface area contributed by atoms with Crippen molar-refractivity contribution in [1.82, 2.24) is 4.98 Å². The fourth-order valence-corrected chi connectivity index (χ4v) is 3.48. The number of Topliss-reactive ketones (excluding diaryl/α,β-unsaturated/α-hetero) is 1. The summed E-state index contributed by atoms with van der Waals surface area (Å²) in [4.78, 5) is 17.6. The topological polar surface area (TPSA) is 54.4 Å². The van der Waals surface area contributed by atoms with Crippen LogP contribution in [0.1, 0.15) is 15.4 Å². The molecule has 1 aromatic heterocycles. The monoisotopic (exact) mass is 357 g/mol. The van der Waals surface area contributed by atoms with E-state index < -0.39 is 0 Å². The minimum atomic E-state index is -0.159. The maximum absolute atomic E-state index is 13.0. The van der Waals surface area contributed by atoms with E-state index >= 15 is 0 Å². The molecule has 0 aliphatic heterocycles. The first-order valence-electron chi connectivity index (χ1n) is 8.16. The molecule has 0 aliphatic carbocycles. The van der Waals surface area contributed by atoms with E-state index in [-0.39, 0.29) is 5.78 Å². The van der Waals surface area contributed by atoms with Crippen LogP contribution < -0.4 is 5.43 Å². The Morgan fingerprint density at radius 3 is 2.23 bits per heavy atom. The third kappa shape index (κ3) is 3.38. The number of rotatable bonds is 5. The summed E-state index contributed by atoms with van der Waals surface area (Å²) >= 11 is 1.46. The Morgan fingerprint density at radius 1 is 0.846 bits per heavy atom. The van der Waals surface area contributed by atoms with E-state index in [1.54, 1.807) is 12.1 Å². The summed E-state index contributed by atoms with van der Waals surface area (Å²) in [6.45, 7) is 0. The lowest BCUT2D eigenvalue weighted by Crippen LogP contribution is -2.17. The van der Waals surface area contributed by atoms with Crippen LogP contribution in [0.25, 0.3) is 10.2 Å². The summed E-state index contributed by atoms with van der Waals surface area (Å²) in [5.41, 5.74) is 5.54. The lowest BCUT2D eigenvalue weighted by molar-refractivity contribution is 0.106. The molecule has 0 saturated heterocycles. The number of hydrazone groups is 1. The number of carbonyl (C=O) groups excluding carboxylic acids is 1. The van der Waals surface area contributed by atoms with Gasteiger partial charge in [0.15, 0.2) is 5.71 Å². The highest BCUT2D eigenvalue weighted by Gasteiger charge is 2.20. The Labute approximate surface area is 154 Å². The second kappa shape index (κ2) is 7.29. The molecule has 0 amide bonds. The van der Waals surface area contributed by atoms with Crippen molar-refractivity contribution >= 4 is 38.7 Å². The number of benzene rings is 3. The standard InChI is InChI=1S/C21H15N3OS/c25-20(15-9-3-1-4-10-15)19(24-23-16-11-5-2-6-12-16)21-22-17-13-7-8-14-18(17)26-21/h1-14,23H. The number of anilines is 1. The van der Waals surface area contributed by atoms with E-state index in [0.717, 1.165) is 15.9 Å². The number of hydrogen-bond acceptors (Lipinski definition) is 5. The zero-order valence-electron chi connectivity index (χ0n) is 13.8.